The molecule has 0 spiro atoms. The number of hydrogen-bond donors (Lipinski definition) is 2. The highest BCUT2D eigenvalue weighted by Crippen LogP contribution is 2.17. The molecule has 2 heterocycles. The lowest BCUT2D eigenvalue weighted by Gasteiger charge is -2.33. The molecule has 1 atom stereocenters. The zero-order valence-electron chi connectivity index (χ0n) is 14.2. The van der Waals surface area contributed by atoms with Crippen LogP contribution in [0.2, 0.25) is 0 Å². The number of nitrogens with zero attached hydrogens (tertiary/aromatic N) is 1. The number of piperidine rings is 1. The number of anilines is 1. The molecule has 0 aliphatic carbocycles. The topological polar surface area (TPSA) is 57.9 Å². The Bertz CT molecular complexity index is 610. The average molecular weight is 348 g/mol. The van der Waals surface area contributed by atoms with Crippen LogP contribution in [0, 0.1) is 5.82 Å². The standard InChI is InChI=1S/C19H25FN2O3/c20-15-3-5-16(6-4-15)21-17-7-9-22(10-8-17)12-18(23)13-24-14-19-2-1-11-25-19/h1-6,11,17-18,21,23H,7-10,12-14H2. The van der Waals surface area contributed by atoms with Crippen LogP contribution in [-0.2, 0) is 11.3 Å². The van der Waals surface area contributed by atoms with Crippen molar-refractivity contribution in [1.29, 1.82) is 0 Å². The Kier molecular flexibility index (Phi) is 6.44. The van der Waals surface area contributed by atoms with Gasteiger partial charge >= 0.3 is 0 Å². The Morgan fingerprint density at radius 1 is 1.24 bits per heavy atom. The van der Waals surface area contributed by atoms with Gasteiger partial charge in [-0.15, -0.1) is 0 Å². The smallest absolute Gasteiger partial charge is 0.129 e. The van der Waals surface area contributed by atoms with E-state index >= 15 is 0 Å². The molecule has 0 radical (unpaired) electrons. The monoisotopic (exact) mass is 348 g/mol. The number of hydrogen-bond acceptors (Lipinski definition) is 5. The van der Waals surface area contributed by atoms with Crippen LogP contribution in [0.3, 0.4) is 0 Å². The maximum Gasteiger partial charge on any atom is 0.129 e. The van der Waals surface area contributed by atoms with E-state index in [0.717, 1.165) is 37.4 Å². The van der Waals surface area contributed by atoms with Crippen molar-refractivity contribution in [3.05, 3.63) is 54.2 Å². The van der Waals surface area contributed by atoms with E-state index in [1.54, 1.807) is 18.4 Å². The number of ether oxygens (including phenoxy) is 1. The number of aliphatic hydroxyl groups is 1. The molecule has 1 aromatic carbocycles. The van der Waals surface area contributed by atoms with Gasteiger partial charge in [-0.1, -0.05) is 0 Å². The SMILES string of the molecule is OC(COCc1ccco1)CN1CCC(Nc2ccc(F)cc2)CC1. The number of nitrogens with one attached hydrogen (secondary N) is 1. The zero-order chi connectivity index (χ0) is 17.5. The fourth-order valence-corrected chi connectivity index (χ4v) is 3.08. The summed E-state index contributed by atoms with van der Waals surface area (Å²) in [6.07, 6.45) is 3.10. The molecule has 136 valence electrons. The molecule has 25 heavy (non-hydrogen) atoms. The van der Waals surface area contributed by atoms with Crippen molar-refractivity contribution in [1.82, 2.24) is 4.90 Å². The Morgan fingerprint density at radius 2 is 2.00 bits per heavy atom. The normalized spacial score (nSPS) is 17.5. The molecule has 0 amide bonds. The van der Waals surface area contributed by atoms with Crippen molar-refractivity contribution in [2.75, 3.05) is 31.6 Å². The van der Waals surface area contributed by atoms with Crippen LogP contribution in [-0.4, -0.2) is 48.4 Å². The minimum atomic E-state index is -0.503. The van der Waals surface area contributed by atoms with E-state index in [9.17, 15) is 9.50 Å². The first kappa shape index (κ1) is 17.9. The van der Waals surface area contributed by atoms with Gasteiger partial charge in [-0.25, -0.2) is 4.39 Å². The van der Waals surface area contributed by atoms with Gasteiger partial charge in [0.1, 0.15) is 18.2 Å². The van der Waals surface area contributed by atoms with Crippen LogP contribution in [0.5, 0.6) is 0 Å². The Morgan fingerprint density at radius 3 is 2.68 bits per heavy atom. The fourth-order valence-electron chi connectivity index (χ4n) is 3.08. The molecular formula is C19H25FN2O3. The quantitative estimate of drug-likeness (QED) is 0.768. The number of furan rings is 1. The molecule has 6 heteroatoms. The molecule has 2 aromatic rings. The van der Waals surface area contributed by atoms with Gasteiger partial charge < -0.3 is 24.5 Å². The summed E-state index contributed by atoms with van der Waals surface area (Å²) < 4.78 is 23.6. The van der Waals surface area contributed by atoms with Gasteiger partial charge in [0.15, 0.2) is 0 Å². The second-order valence-corrected chi connectivity index (χ2v) is 6.47. The van der Waals surface area contributed by atoms with Crippen molar-refractivity contribution in [2.24, 2.45) is 0 Å². The summed E-state index contributed by atoms with van der Waals surface area (Å²) in [6, 6.07) is 10.5. The maximum atomic E-state index is 12.9. The van der Waals surface area contributed by atoms with E-state index in [1.807, 2.05) is 12.1 Å². The number of halogens is 1. The number of β-amino-alcohol motifs (C(OH)–C–C–N with tert-alkyl or cyclic N) is 1. The summed E-state index contributed by atoms with van der Waals surface area (Å²) in [6.45, 7) is 3.14. The fraction of sp³-hybridized carbons (Fsp3) is 0.474. The molecule has 3 rings (SSSR count). The molecule has 1 unspecified atom stereocenters. The number of aliphatic hydroxyl groups excluding tert-OH is 1. The van der Waals surface area contributed by atoms with E-state index in [1.165, 1.54) is 12.1 Å². The number of rotatable bonds is 8. The first-order valence-corrected chi connectivity index (χ1v) is 8.71. The van der Waals surface area contributed by atoms with Gasteiger partial charge in [0.05, 0.1) is 19.0 Å². The van der Waals surface area contributed by atoms with E-state index in [0.29, 0.717) is 25.8 Å². The van der Waals surface area contributed by atoms with Crippen LogP contribution in [0.4, 0.5) is 10.1 Å². The minimum absolute atomic E-state index is 0.219. The van der Waals surface area contributed by atoms with Crippen LogP contribution in [0.25, 0.3) is 0 Å². The van der Waals surface area contributed by atoms with Crippen LogP contribution < -0.4 is 5.32 Å². The first-order valence-electron chi connectivity index (χ1n) is 8.71. The highest BCUT2D eigenvalue weighted by molar-refractivity contribution is 5.43. The van der Waals surface area contributed by atoms with Gasteiger partial charge in [0.2, 0.25) is 0 Å². The maximum absolute atomic E-state index is 12.9. The summed E-state index contributed by atoms with van der Waals surface area (Å²) in [4.78, 5) is 2.25. The molecule has 0 bridgehead atoms. The lowest BCUT2D eigenvalue weighted by molar-refractivity contribution is 0.00213. The lowest BCUT2D eigenvalue weighted by atomic mass is 10.0. The molecule has 1 aromatic heterocycles. The Hall–Kier alpha value is -1.89. The Labute approximate surface area is 147 Å². The largest absolute Gasteiger partial charge is 0.467 e. The lowest BCUT2D eigenvalue weighted by Crippen LogP contribution is -2.43. The zero-order valence-corrected chi connectivity index (χ0v) is 14.2. The Balaban J connectivity index is 1.32. The average Bonchev–Trinajstić information content (AvgIpc) is 3.12. The van der Waals surface area contributed by atoms with Crippen LogP contribution in [0.15, 0.2) is 47.1 Å². The second kappa shape index (κ2) is 8.99. The van der Waals surface area contributed by atoms with Gasteiger partial charge in [0, 0.05) is 31.4 Å². The molecule has 2 N–H and O–H groups in total. The van der Waals surface area contributed by atoms with E-state index in [-0.39, 0.29) is 5.82 Å². The van der Waals surface area contributed by atoms with Gasteiger partial charge in [0.25, 0.3) is 0 Å². The summed E-state index contributed by atoms with van der Waals surface area (Å²) >= 11 is 0. The summed E-state index contributed by atoms with van der Waals surface area (Å²) in [5.74, 6) is 0.545. The van der Waals surface area contributed by atoms with Crippen molar-refractivity contribution >= 4 is 5.69 Å². The van der Waals surface area contributed by atoms with Gasteiger partial charge in [-0.2, -0.15) is 0 Å². The third-order valence-corrected chi connectivity index (χ3v) is 4.41. The van der Waals surface area contributed by atoms with E-state index < -0.39 is 6.10 Å². The predicted molar refractivity (Wildman–Crippen MR) is 93.9 cm³/mol. The predicted octanol–water partition coefficient (Wildman–Crippen LogP) is 2.87. The third-order valence-electron chi connectivity index (χ3n) is 4.41. The second-order valence-electron chi connectivity index (χ2n) is 6.47. The van der Waals surface area contributed by atoms with Crippen molar-refractivity contribution in [3.63, 3.8) is 0 Å². The molecule has 1 saturated heterocycles. The first-order chi connectivity index (χ1) is 12.2. The summed E-state index contributed by atoms with van der Waals surface area (Å²) in [5, 5.41) is 13.5. The van der Waals surface area contributed by atoms with Crippen LogP contribution >= 0.6 is 0 Å². The van der Waals surface area contributed by atoms with E-state index in [2.05, 4.69) is 10.2 Å². The van der Waals surface area contributed by atoms with Crippen molar-refractivity contribution < 1.29 is 18.7 Å². The molecular weight excluding hydrogens is 323 g/mol. The van der Waals surface area contributed by atoms with Gasteiger partial charge in [-0.05, 0) is 49.2 Å². The number of likely N-dealkylation sites (tertiary alicyclic amines) is 1. The molecule has 1 aliphatic rings. The molecule has 5 nitrogen and oxygen atoms in total. The highest BCUT2D eigenvalue weighted by atomic mass is 19.1. The van der Waals surface area contributed by atoms with Crippen molar-refractivity contribution in [2.45, 2.75) is 31.6 Å². The minimum Gasteiger partial charge on any atom is -0.467 e. The molecule has 0 saturated carbocycles. The van der Waals surface area contributed by atoms with Crippen molar-refractivity contribution in [3.8, 4) is 0 Å². The number of benzene rings is 1. The van der Waals surface area contributed by atoms with Crippen LogP contribution in [0.1, 0.15) is 18.6 Å². The summed E-state index contributed by atoms with van der Waals surface area (Å²) in [7, 11) is 0. The third kappa shape index (κ3) is 5.85. The van der Waals surface area contributed by atoms with E-state index in [4.69, 9.17) is 9.15 Å². The summed E-state index contributed by atoms with van der Waals surface area (Å²) in [5.41, 5.74) is 0.950. The van der Waals surface area contributed by atoms with Gasteiger partial charge in [-0.3, -0.25) is 0 Å². The molecule has 1 fully saturated rings. The molecule has 1 aliphatic heterocycles. The highest BCUT2D eigenvalue weighted by Gasteiger charge is 2.21.